The zero-order valence-electron chi connectivity index (χ0n) is 9.61. The first kappa shape index (κ1) is 12.7. The highest BCUT2D eigenvalue weighted by molar-refractivity contribution is 5.55. The molecule has 1 unspecified atom stereocenters. The van der Waals surface area contributed by atoms with Crippen molar-refractivity contribution in [3.05, 3.63) is 24.0 Å². The predicted molar refractivity (Wildman–Crippen MR) is 59.9 cm³/mol. The van der Waals surface area contributed by atoms with Crippen molar-refractivity contribution in [2.24, 2.45) is 5.92 Å². The van der Waals surface area contributed by atoms with Crippen LogP contribution in [0.25, 0.3) is 0 Å². The standard InChI is InChI=1S/C12H12F3N3/c13-12(14,15)9-3-2-6-18(8-9)11-4-1-5-17-10(11)7-16/h1,4-5,9H,2-3,6,8H2. The van der Waals surface area contributed by atoms with Crippen molar-refractivity contribution in [2.45, 2.75) is 19.0 Å². The van der Waals surface area contributed by atoms with Crippen molar-refractivity contribution in [1.29, 1.82) is 5.26 Å². The van der Waals surface area contributed by atoms with Gasteiger partial charge in [-0.2, -0.15) is 18.4 Å². The van der Waals surface area contributed by atoms with E-state index in [-0.39, 0.29) is 18.7 Å². The summed E-state index contributed by atoms with van der Waals surface area (Å²) in [6, 6.07) is 5.19. The summed E-state index contributed by atoms with van der Waals surface area (Å²) in [5, 5.41) is 8.91. The van der Waals surface area contributed by atoms with E-state index in [1.54, 1.807) is 17.0 Å². The Bertz CT molecular complexity index is 464. The number of anilines is 1. The van der Waals surface area contributed by atoms with E-state index in [1.807, 2.05) is 6.07 Å². The topological polar surface area (TPSA) is 39.9 Å². The molecule has 0 aromatic carbocycles. The minimum Gasteiger partial charge on any atom is -0.369 e. The molecule has 2 rings (SSSR count). The molecule has 1 aliphatic rings. The largest absolute Gasteiger partial charge is 0.393 e. The average Bonchev–Trinajstić information content (AvgIpc) is 2.38. The summed E-state index contributed by atoms with van der Waals surface area (Å²) in [6.45, 7) is 0.441. The third kappa shape index (κ3) is 2.55. The lowest BCUT2D eigenvalue weighted by Gasteiger charge is -2.35. The summed E-state index contributed by atoms with van der Waals surface area (Å²) < 4.78 is 38.1. The van der Waals surface area contributed by atoms with E-state index in [4.69, 9.17) is 5.26 Å². The van der Waals surface area contributed by atoms with Gasteiger partial charge in [-0.3, -0.25) is 0 Å². The highest BCUT2D eigenvalue weighted by Gasteiger charge is 2.42. The Morgan fingerprint density at radius 3 is 2.89 bits per heavy atom. The zero-order chi connectivity index (χ0) is 13.2. The maximum absolute atomic E-state index is 12.7. The minimum atomic E-state index is -4.17. The van der Waals surface area contributed by atoms with E-state index in [0.29, 0.717) is 18.7 Å². The molecule has 6 heteroatoms. The molecule has 1 aliphatic heterocycles. The van der Waals surface area contributed by atoms with Gasteiger partial charge in [-0.25, -0.2) is 4.98 Å². The van der Waals surface area contributed by atoms with E-state index in [2.05, 4.69) is 4.98 Å². The van der Waals surface area contributed by atoms with E-state index in [9.17, 15) is 13.2 Å². The molecule has 0 radical (unpaired) electrons. The molecule has 96 valence electrons. The number of alkyl halides is 3. The average molecular weight is 255 g/mol. The van der Waals surface area contributed by atoms with E-state index in [0.717, 1.165) is 0 Å². The van der Waals surface area contributed by atoms with E-state index in [1.165, 1.54) is 6.20 Å². The van der Waals surface area contributed by atoms with Gasteiger partial charge in [0.15, 0.2) is 5.69 Å². The molecule has 0 bridgehead atoms. The maximum Gasteiger partial charge on any atom is 0.393 e. The first-order valence-corrected chi connectivity index (χ1v) is 5.69. The van der Waals surface area contributed by atoms with Gasteiger partial charge < -0.3 is 4.90 Å². The van der Waals surface area contributed by atoms with Crippen LogP contribution in [0.3, 0.4) is 0 Å². The quantitative estimate of drug-likeness (QED) is 0.774. The number of aromatic nitrogens is 1. The van der Waals surface area contributed by atoms with E-state index < -0.39 is 12.1 Å². The van der Waals surface area contributed by atoms with Crippen LogP contribution >= 0.6 is 0 Å². The van der Waals surface area contributed by atoms with Crippen LogP contribution in [0, 0.1) is 17.2 Å². The summed E-state index contributed by atoms with van der Waals surface area (Å²) in [6.07, 6.45) is -2.08. The van der Waals surface area contributed by atoms with Gasteiger partial charge in [-0.05, 0) is 25.0 Å². The lowest BCUT2D eigenvalue weighted by Crippen LogP contribution is -2.42. The second-order valence-corrected chi connectivity index (χ2v) is 4.31. The molecule has 0 aliphatic carbocycles. The Balaban J connectivity index is 2.21. The van der Waals surface area contributed by atoms with Crippen molar-refractivity contribution in [1.82, 2.24) is 4.98 Å². The molecule has 0 amide bonds. The van der Waals surface area contributed by atoms with Gasteiger partial charge in [0.2, 0.25) is 0 Å². The normalized spacial score (nSPS) is 20.6. The minimum absolute atomic E-state index is 0.0934. The van der Waals surface area contributed by atoms with Crippen LogP contribution in [0.15, 0.2) is 18.3 Å². The molecule has 1 aromatic rings. The van der Waals surface area contributed by atoms with Crippen LogP contribution < -0.4 is 4.90 Å². The molecule has 3 nitrogen and oxygen atoms in total. The van der Waals surface area contributed by atoms with Crippen molar-refractivity contribution in [3.8, 4) is 6.07 Å². The molecule has 0 spiro atoms. The molecular weight excluding hydrogens is 243 g/mol. The number of rotatable bonds is 1. The fourth-order valence-electron chi connectivity index (χ4n) is 2.20. The number of nitrogens with zero attached hydrogens (tertiary/aromatic N) is 3. The molecule has 1 atom stereocenters. The third-order valence-electron chi connectivity index (χ3n) is 3.12. The number of hydrogen-bond acceptors (Lipinski definition) is 3. The van der Waals surface area contributed by atoms with E-state index >= 15 is 0 Å². The van der Waals surface area contributed by atoms with Crippen LogP contribution in [-0.2, 0) is 0 Å². The fourth-order valence-corrected chi connectivity index (χ4v) is 2.20. The summed E-state index contributed by atoms with van der Waals surface area (Å²) in [4.78, 5) is 5.48. The molecule has 0 saturated carbocycles. The van der Waals surface area contributed by atoms with Gasteiger partial charge in [-0.1, -0.05) is 0 Å². The number of hydrogen-bond donors (Lipinski definition) is 0. The lowest BCUT2D eigenvalue weighted by atomic mass is 9.97. The molecule has 0 N–H and O–H groups in total. The van der Waals surface area contributed by atoms with Gasteiger partial charge in [0.1, 0.15) is 6.07 Å². The first-order chi connectivity index (χ1) is 8.52. The summed E-state index contributed by atoms with van der Waals surface area (Å²) >= 11 is 0. The smallest absolute Gasteiger partial charge is 0.369 e. The van der Waals surface area contributed by atoms with Gasteiger partial charge in [-0.15, -0.1) is 0 Å². The van der Waals surface area contributed by atoms with Crippen LogP contribution in [0.4, 0.5) is 18.9 Å². The van der Waals surface area contributed by atoms with Crippen molar-refractivity contribution in [3.63, 3.8) is 0 Å². The monoisotopic (exact) mass is 255 g/mol. The Morgan fingerprint density at radius 1 is 1.44 bits per heavy atom. The van der Waals surface area contributed by atoms with Gasteiger partial charge in [0.05, 0.1) is 11.6 Å². The Morgan fingerprint density at radius 2 is 2.22 bits per heavy atom. The number of halogens is 3. The Hall–Kier alpha value is -1.77. The lowest BCUT2D eigenvalue weighted by molar-refractivity contribution is -0.175. The molecular formula is C12H12F3N3. The predicted octanol–water partition coefficient (Wildman–Crippen LogP) is 2.73. The van der Waals surface area contributed by atoms with Crippen molar-refractivity contribution in [2.75, 3.05) is 18.0 Å². The Labute approximate surface area is 103 Å². The van der Waals surface area contributed by atoms with Gasteiger partial charge in [0, 0.05) is 19.3 Å². The molecule has 1 fully saturated rings. The first-order valence-electron chi connectivity index (χ1n) is 5.69. The van der Waals surface area contributed by atoms with Crippen molar-refractivity contribution >= 4 is 5.69 Å². The van der Waals surface area contributed by atoms with Crippen LogP contribution in [0.1, 0.15) is 18.5 Å². The van der Waals surface area contributed by atoms with Crippen LogP contribution in [0.2, 0.25) is 0 Å². The summed E-state index contributed by atoms with van der Waals surface area (Å²) in [5.74, 6) is -1.32. The highest BCUT2D eigenvalue weighted by atomic mass is 19.4. The Kier molecular flexibility index (Phi) is 3.41. The SMILES string of the molecule is N#Cc1ncccc1N1CCCC(C(F)(F)F)C1. The molecule has 18 heavy (non-hydrogen) atoms. The third-order valence-corrected chi connectivity index (χ3v) is 3.12. The van der Waals surface area contributed by atoms with Gasteiger partial charge >= 0.3 is 6.18 Å². The number of piperidine rings is 1. The second kappa shape index (κ2) is 4.84. The van der Waals surface area contributed by atoms with Crippen molar-refractivity contribution < 1.29 is 13.2 Å². The van der Waals surface area contributed by atoms with Crippen LogP contribution in [-0.4, -0.2) is 24.2 Å². The zero-order valence-corrected chi connectivity index (χ0v) is 9.61. The number of nitriles is 1. The van der Waals surface area contributed by atoms with Crippen LogP contribution in [0.5, 0.6) is 0 Å². The van der Waals surface area contributed by atoms with Gasteiger partial charge in [0.25, 0.3) is 0 Å². The summed E-state index contributed by atoms with van der Waals surface area (Å²) in [7, 11) is 0. The summed E-state index contributed by atoms with van der Waals surface area (Å²) in [5.41, 5.74) is 0.675. The highest BCUT2D eigenvalue weighted by Crippen LogP contribution is 2.35. The molecule has 1 saturated heterocycles. The fraction of sp³-hybridized carbons (Fsp3) is 0.500. The number of pyridine rings is 1. The second-order valence-electron chi connectivity index (χ2n) is 4.31. The molecule has 2 heterocycles. The molecule has 1 aromatic heterocycles. The maximum atomic E-state index is 12.7.